The van der Waals surface area contributed by atoms with E-state index in [1.54, 1.807) is 26.3 Å². The molecule has 0 aromatic heterocycles. The van der Waals surface area contributed by atoms with E-state index in [1.807, 2.05) is 0 Å². The maximum absolute atomic E-state index is 8.61. The number of hydroxylamine groups is 1. The quantitative estimate of drug-likeness (QED) is 0.370. The molecular formula is C5H13NO3. The second-order valence-electron chi connectivity index (χ2n) is 2.71. The summed E-state index contributed by atoms with van der Waals surface area (Å²) >= 11 is 0. The highest BCUT2D eigenvalue weighted by Gasteiger charge is 2.14. The molecule has 0 aromatic rings. The van der Waals surface area contributed by atoms with Crippen LogP contribution >= 0.6 is 0 Å². The molecule has 56 valence electrons. The van der Waals surface area contributed by atoms with Gasteiger partial charge < -0.3 is 15.1 Å². The van der Waals surface area contributed by atoms with Gasteiger partial charge in [0.1, 0.15) is 0 Å². The minimum absolute atomic E-state index is 0.449. The van der Waals surface area contributed by atoms with Crippen LogP contribution in [0, 0.1) is 0 Å². The normalized spacial score (nSPS) is 15.7. The summed E-state index contributed by atoms with van der Waals surface area (Å²) < 4.78 is 4.78. The van der Waals surface area contributed by atoms with E-state index >= 15 is 0 Å². The molecule has 0 aliphatic rings. The van der Waals surface area contributed by atoms with E-state index in [-0.39, 0.29) is 0 Å². The lowest BCUT2D eigenvalue weighted by Crippen LogP contribution is -2.36. The Kier molecular flexibility index (Phi) is 3.07. The second kappa shape index (κ2) is 3.12. The second-order valence-corrected chi connectivity index (χ2v) is 2.71. The van der Waals surface area contributed by atoms with Crippen molar-refractivity contribution in [3.8, 4) is 0 Å². The van der Waals surface area contributed by atoms with Crippen LogP contribution in [0.5, 0.6) is 0 Å². The first-order chi connectivity index (χ1) is 3.95. The Labute approximate surface area is 54.4 Å². The minimum Gasteiger partial charge on any atom is -0.354 e. The molecule has 0 amide bonds. The number of hydrogen-bond acceptors (Lipinski definition) is 4. The monoisotopic (exact) mass is 135 g/mol. The van der Waals surface area contributed by atoms with Crippen LogP contribution in [0.3, 0.4) is 0 Å². The van der Waals surface area contributed by atoms with Crippen LogP contribution in [-0.4, -0.2) is 22.3 Å². The molecule has 0 saturated heterocycles. The van der Waals surface area contributed by atoms with Crippen molar-refractivity contribution >= 4 is 0 Å². The van der Waals surface area contributed by atoms with Gasteiger partial charge in [0.2, 0.25) is 6.41 Å². The largest absolute Gasteiger partial charge is 0.354 e. The standard InChI is InChI=1S/C5H13NO3/c1-5(2,3)9-4(7)6-8/h4,6-8H,1-3H3. The van der Waals surface area contributed by atoms with E-state index in [4.69, 9.17) is 15.1 Å². The predicted octanol–water partition coefficient (Wildman–Crippen LogP) is 0.0562. The van der Waals surface area contributed by atoms with Crippen LogP contribution in [0.2, 0.25) is 0 Å². The van der Waals surface area contributed by atoms with Crippen molar-refractivity contribution in [3.05, 3.63) is 0 Å². The number of aliphatic hydroxyl groups excluding tert-OH is 1. The fourth-order valence-corrected chi connectivity index (χ4v) is 0.361. The molecule has 0 bridgehead atoms. The van der Waals surface area contributed by atoms with Crippen LogP contribution in [-0.2, 0) is 4.74 Å². The first-order valence-corrected chi connectivity index (χ1v) is 2.71. The number of aliphatic hydroxyl groups is 1. The van der Waals surface area contributed by atoms with Crippen molar-refractivity contribution in [2.45, 2.75) is 32.8 Å². The van der Waals surface area contributed by atoms with Crippen molar-refractivity contribution in [2.75, 3.05) is 0 Å². The zero-order chi connectivity index (χ0) is 7.49. The molecule has 0 saturated carbocycles. The molecule has 0 spiro atoms. The smallest absolute Gasteiger partial charge is 0.236 e. The van der Waals surface area contributed by atoms with Gasteiger partial charge in [-0.05, 0) is 20.8 Å². The highest BCUT2D eigenvalue weighted by molar-refractivity contribution is 4.57. The van der Waals surface area contributed by atoms with Crippen LogP contribution in [0.25, 0.3) is 0 Å². The third-order valence-electron chi connectivity index (χ3n) is 0.576. The fourth-order valence-electron chi connectivity index (χ4n) is 0.361. The van der Waals surface area contributed by atoms with Gasteiger partial charge in [-0.1, -0.05) is 0 Å². The van der Waals surface area contributed by atoms with Gasteiger partial charge in [0.05, 0.1) is 5.60 Å². The lowest BCUT2D eigenvalue weighted by atomic mass is 10.2. The summed E-state index contributed by atoms with van der Waals surface area (Å²) in [5.74, 6) is 0. The van der Waals surface area contributed by atoms with Crippen molar-refractivity contribution in [2.24, 2.45) is 0 Å². The van der Waals surface area contributed by atoms with E-state index in [0.717, 1.165) is 0 Å². The van der Waals surface area contributed by atoms with Crippen molar-refractivity contribution in [1.29, 1.82) is 0 Å². The SMILES string of the molecule is CC(C)(C)OC(O)NO. The molecule has 9 heavy (non-hydrogen) atoms. The van der Waals surface area contributed by atoms with Crippen LogP contribution in [0.1, 0.15) is 20.8 Å². The maximum atomic E-state index is 8.61. The molecular weight excluding hydrogens is 122 g/mol. The molecule has 1 atom stereocenters. The van der Waals surface area contributed by atoms with Crippen LogP contribution in [0.15, 0.2) is 0 Å². The third kappa shape index (κ3) is 5.72. The highest BCUT2D eigenvalue weighted by atomic mass is 16.7. The van der Waals surface area contributed by atoms with E-state index < -0.39 is 12.0 Å². The van der Waals surface area contributed by atoms with Crippen molar-refractivity contribution in [1.82, 2.24) is 5.48 Å². The van der Waals surface area contributed by atoms with E-state index in [1.165, 1.54) is 0 Å². The highest BCUT2D eigenvalue weighted by Crippen LogP contribution is 2.07. The molecule has 4 heteroatoms. The van der Waals surface area contributed by atoms with Gasteiger partial charge in [-0.3, -0.25) is 0 Å². The van der Waals surface area contributed by atoms with E-state index in [0.29, 0.717) is 0 Å². The van der Waals surface area contributed by atoms with Crippen molar-refractivity contribution < 1.29 is 15.1 Å². The number of ether oxygens (including phenoxy) is 1. The Morgan fingerprint density at radius 3 is 2.00 bits per heavy atom. The topological polar surface area (TPSA) is 61.7 Å². The number of hydrogen-bond donors (Lipinski definition) is 3. The molecule has 0 rings (SSSR count). The Hall–Kier alpha value is -0.160. The Balaban J connectivity index is 3.47. The summed E-state index contributed by atoms with van der Waals surface area (Å²) in [5.41, 5.74) is 1.11. The Morgan fingerprint density at radius 1 is 1.44 bits per heavy atom. The molecule has 0 aliphatic carbocycles. The zero-order valence-corrected chi connectivity index (χ0v) is 5.88. The van der Waals surface area contributed by atoms with Gasteiger partial charge in [0.15, 0.2) is 0 Å². The third-order valence-corrected chi connectivity index (χ3v) is 0.576. The summed E-state index contributed by atoms with van der Waals surface area (Å²) in [5, 5.41) is 16.7. The molecule has 0 aromatic carbocycles. The molecule has 0 aliphatic heterocycles. The lowest BCUT2D eigenvalue weighted by molar-refractivity contribution is -0.221. The Morgan fingerprint density at radius 2 is 1.89 bits per heavy atom. The summed E-state index contributed by atoms with van der Waals surface area (Å²) in [6.45, 7) is 5.31. The van der Waals surface area contributed by atoms with Gasteiger partial charge >= 0.3 is 0 Å². The summed E-state index contributed by atoms with van der Waals surface area (Å²) in [6, 6.07) is 0. The number of rotatable bonds is 2. The van der Waals surface area contributed by atoms with Gasteiger partial charge in [-0.15, -0.1) is 0 Å². The van der Waals surface area contributed by atoms with Crippen LogP contribution in [0.4, 0.5) is 0 Å². The van der Waals surface area contributed by atoms with Gasteiger partial charge in [0.25, 0.3) is 0 Å². The molecule has 3 N–H and O–H groups in total. The molecule has 0 radical (unpaired) electrons. The number of nitrogens with one attached hydrogen (secondary N) is 1. The molecule has 0 heterocycles. The lowest BCUT2D eigenvalue weighted by Gasteiger charge is -2.22. The average Bonchev–Trinajstić information content (AvgIpc) is 1.62. The zero-order valence-electron chi connectivity index (χ0n) is 5.88. The van der Waals surface area contributed by atoms with E-state index in [2.05, 4.69) is 0 Å². The summed E-state index contributed by atoms with van der Waals surface area (Å²) in [4.78, 5) is 0. The summed E-state index contributed by atoms with van der Waals surface area (Å²) in [7, 11) is 0. The van der Waals surface area contributed by atoms with Gasteiger partial charge in [-0.2, -0.15) is 5.48 Å². The molecule has 0 fully saturated rings. The predicted molar refractivity (Wildman–Crippen MR) is 31.8 cm³/mol. The first kappa shape index (κ1) is 8.84. The Bertz CT molecular complexity index is 78.8. The van der Waals surface area contributed by atoms with Gasteiger partial charge in [-0.25, -0.2) is 0 Å². The van der Waals surface area contributed by atoms with Gasteiger partial charge in [0, 0.05) is 0 Å². The average molecular weight is 135 g/mol. The maximum Gasteiger partial charge on any atom is 0.236 e. The van der Waals surface area contributed by atoms with Crippen LogP contribution < -0.4 is 5.48 Å². The first-order valence-electron chi connectivity index (χ1n) is 2.71. The molecule has 4 nitrogen and oxygen atoms in total. The summed E-state index contributed by atoms with van der Waals surface area (Å²) in [6.07, 6.45) is -1.30. The fraction of sp³-hybridized carbons (Fsp3) is 1.00. The minimum atomic E-state index is -1.30. The van der Waals surface area contributed by atoms with E-state index in [9.17, 15) is 0 Å². The van der Waals surface area contributed by atoms with Crippen molar-refractivity contribution in [3.63, 3.8) is 0 Å². The molecule has 1 unspecified atom stereocenters.